The molecule has 0 unspecified atom stereocenters. The summed E-state index contributed by atoms with van der Waals surface area (Å²) in [6, 6.07) is 1.81. The standard InChI is InChI=1S/C12H21N5/c1-11(2)8(12(11,3)4)6-14-9-5-10(17-13)16-7-15-9/h5,7-8H,6,13H2,1-4H3,(H2,14,15,16,17). The van der Waals surface area contributed by atoms with Crippen LogP contribution in [0.1, 0.15) is 27.7 Å². The number of rotatable bonds is 4. The van der Waals surface area contributed by atoms with E-state index in [1.807, 2.05) is 6.07 Å². The van der Waals surface area contributed by atoms with Crippen molar-refractivity contribution >= 4 is 11.6 Å². The lowest BCUT2D eigenvalue weighted by molar-refractivity contribution is 0.457. The third-order valence-corrected chi connectivity index (χ3v) is 4.62. The summed E-state index contributed by atoms with van der Waals surface area (Å²) in [6.45, 7) is 10.2. The normalized spacial score (nSPS) is 21.0. The molecule has 0 atom stereocenters. The van der Waals surface area contributed by atoms with Crippen LogP contribution in [0.25, 0.3) is 0 Å². The van der Waals surface area contributed by atoms with Gasteiger partial charge in [-0.2, -0.15) is 0 Å². The summed E-state index contributed by atoms with van der Waals surface area (Å²) in [5.41, 5.74) is 3.29. The van der Waals surface area contributed by atoms with Crippen LogP contribution in [0.15, 0.2) is 12.4 Å². The molecule has 1 fully saturated rings. The second kappa shape index (κ2) is 3.84. The summed E-state index contributed by atoms with van der Waals surface area (Å²) in [7, 11) is 0. The molecule has 1 aliphatic carbocycles. The van der Waals surface area contributed by atoms with Gasteiger partial charge in [0.25, 0.3) is 0 Å². The van der Waals surface area contributed by atoms with E-state index in [0.717, 1.165) is 12.4 Å². The fourth-order valence-electron chi connectivity index (χ4n) is 2.58. The number of nitrogens with two attached hydrogens (primary N) is 1. The summed E-state index contributed by atoms with van der Waals surface area (Å²) >= 11 is 0. The summed E-state index contributed by atoms with van der Waals surface area (Å²) in [4.78, 5) is 8.14. The molecule has 0 aliphatic heterocycles. The van der Waals surface area contributed by atoms with Crippen LogP contribution >= 0.6 is 0 Å². The molecule has 0 saturated heterocycles. The lowest BCUT2D eigenvalue weighted by atomic mass is 10.0. The van der Waals surface area contributed by atoms with Gasteiger partial charge in [0.2, 0.25) is 0 Å². The van der Waals surface area contributed by atoms with Crippen molar-refractivity contribution < 1.29 is 0 Å². The van der Waals surface area contributed by atoms with Gasteiger partial charge >= 0.3 is 0 Å². The average molecular weight is 235 g/mol. The van der Waals surface area contributed by atoms with Crippen LogP contribution in [0.3, 0.4) is 0 Å². The highest BCUT2D eigenvalue weighted by Gasteiger charge is 2.64. The molecule has 1 aromatic rings. The quantitative estimate of drug-likeness (QED) is 0.548. The second-order valence-corrected chi connectivity index (χ2v) is 5.81. The monoisotopic (exact) mass is 235 g/mol. The van der Waals surface area contributed by atoms with Crippen molar-refractivity contribution in [2.45, 2.75) is 27.7 Å². The van der Waals surface area contributed by atoms with E-state index in [1.54, 1.807) is 0 Å². The van der Waals surface area contributed by atoms with E-state index in [-0.39, 0.29) is 0 Å². The Balaban J connectivity index is 1.95. The lowest BCUT2D eigenvalue weighted by Crippen LogP contribution is -2.12. The molecule has 94 valence electrons. The third-order valence-electron chi connectivity index (χ3n) is 4.62. The van der Waals surface area contributed by atoms with Crippen LogP contribution < -0.4 is 16.6 Å². The Hall–Kier alpha value is -1.36. The number of hydrazine groups is 1. The molecule has 1 saturated carbocycles. The molecule has 0 aromatic carbocycles. The number of nitrogen functional groups attached to an aromatic ring is 1. The van der Waals surface area contributed by atoms with E-state index in [2.05, 4.69) is 48.4 Å². The molecule has 1 aromatic heterocycles. The fraction of sp³-hybridized carbons (Fsp3) is 0.667. The Morgan fingerprint density at radius 3 is 2.29 bits per heavy atom. The molecule has 0 amide bonds. The molecule has 5 nitrogen and oxygen atoms in total. The number of hydrogen-bond acceptors (Lipinski definition) is 5. The van der Waals surface area contributed by atoms with E-state index >= 15 is 0 Å². The summed E-state index contributed by atoms with van der Waals surface area (Å²) in [5.74, 6) is 7.40. The van der Waals surface area contributed by atoms with Crippen LogP contribution in [-0.4, -0.2) is 16.5 Å². The Labute approximate surface area is 102 Å². The first-order valence-corrected chi connectivity index (χ1v) is 5.92. The van der Waals surface area contributed by atoms with Crippen LogP contribution in [0.4, 0.5) is 11.6 Å². The Morgan fingerprint density at radius 2 is 1.76 bits per heavy atom. The maximum atomic E-state index is 5.31. The average Bonchev–Trinajstić information content (AvgIpc) is 2.67. The summed E-state index contributed by atoms with van der Waals surface area (Å²) < 4.78 is 0. The molecule has 5 heteroatoms. The lowest BCUT2D eigenvalue weighted by Gasteiger charge is -2.07. The van der Waals surface area contributed by atoms with Crippen molar-refractivity contribution in [1.29, 1.82) is 0 Å². The van der Waals surface area contributed by atoms with Crippen molar-refractivity contribution in [2.24, 2.45) is 22.6 Å². The number of hydrogen-bond donors (Lipinski definition) is 3. The van der Waals surface area contributed by atoms with Crippen molar-refractivity contribution in [3.63, 3.8) is 0 Å². The third kappa shape index (κ3) is 1.95. The van der Waals surface area contributed by atoms with Gasteiger partial charge in [-0.15, -0.1) is 0 Å². The topological polar surface area (TPSA) is 75.9 Å². The van der Waals surface area contributed by atoms with Crippen LogP contribution in [0.5, 0.6) is 0 Å². The van der Waals surface area contributed by atoms with Crippen LogP contribution in [-0.2, 0) is 0 Å². The molecule has 17 heavy (non-hydrogen) atoms. The Bertz CT molecular complexity index is 399. The van der Waals surface area contributed by atoms with Gasteiger partial charge in [-0.1, -0.05) is 27.7 Å². The zero-order valence-corrected chi connectivity index (χ0v) is 10.9. The molecular formula is C12H21N5. The molecule has 2 rings (SSSR count). The minimum atomic E-state index is 0.391. The molecule has 1 aliphatic rings. The van der Waals surface area contributed by atoms with Gasteiger partial charge in [0, 0.05) is 12.6 Å². The maximum absolute atomic E-state index is 5.31. The summed E-state index contributed by atoms with van der Waals surface area (Å²) in [6.07, 6.45) is 1.50. The van der Waals surface area contributed by atoms with Crippen molar-refractivity contribution in [3.8, 4) is 0 Å². The van der Waals surface area contributed by atoms with Gasteiger partial charge in [-0.3, -0.25) is 0 Å². The van der Waals surface area contributed by atoms with Gasteiger partial charge in [0.05, 0.1) is 0 Å². The highest BCUT2D eigenvalue weighted by atomic mass is 15.3. The highest BCUT2D eigenvalue weighted by Crippen LogP contribution is 2.68. The molecule has 1 heterocycles. The van der Waals surface area contributed by atoms with Gasteiger partial charge in [0.1, 0.15) is 18.0 Å². The maximum Gasteiger partial charge on any atom is 0.145 e. The largest absolute Gasteiger partial charge is 0.370 e. The van der Waals surface area contributed by atoms with Gasteiger partial charge in [-0.25, -0.2) is 15.8 Å². The number of aromatic nitrogens is 2. The van der Waals surface area contributed by atoms with Gasteiger partial charge in [0.15, 0.2) is 0 Å². The predicted octanol–water partition coefficient (Wildman–Crippen LogP) is 1.86. The van der Waals surface area contributed by atoms with Crippen molar-refractivity contribution in [2.75, 3.05) is 17.3 Å². The summed E-state index contributed by atoms with van der Waals surface area (Å²) in [5, 5.41) is 3.35. The van der Waals surface area contributed by atoms with E-state index in [0.29, 0.717) is 22.6 Å². The molecule has 0 spiro atoms. The number of nitrogens with one attached hydrogen (secondary N) is 2. The Morgan fingerprint density at radius 1 is 1.18 bits per heavy atom. The predicted molar refractivity (Wildman–Crippen MR) is 69.4 cm³/mol. The zero-order valence-electron chi connectivity index (χ0n) is 10.9. The molecular weight excluding hydrogens is 214 g/mol. The Kier molecular flexibility index (Phi) is 2.73. The molecule has 0 radical (unpaired) electrons. The zero-order chi connectivity index (χ0) is 12.7. The van der Waals surface area contributed by atoms with E-state index in [4.69, 9.17) is 5.84 Å². The SMILES string of the molecule is CC1(C)C(CNc2cc(NN)ncn2)C1(C)C. The smallest absolute Gasteiger partial charge is 0.145 e. The highest BCUT2D eigenvalue weighted by molar-refractivity contribution is 5.45. The first-order chi connectivity index (χ1) is 7.89. The number of anilines is 2. The fourth-order valence-corrected chi connectivity index (χ4v) is 2.58. The van der Waals surface area contributed by atoms with Gasteiger partial charge < -0.3 is 10.7 Å². The van der Waals surface area contributed by atoms with Crippen molar-refractivity contribution in [3.05, 3.63) is 12.4 Å². The van der Waals surface area contributed by atoms with E-state index < -0.39 is 0 Å². The van der Waals surface area contributed by atoms with Gasteiger partial charge in [-0.05, 0) is 16.7 Å². The van der Waals surface area contributed by atoms with Crippen LogP contribution in [0, 0.1) is 16.7 Å². The first-order valence-electron chi connectivity index (χ1n) is 5.92. The molecule has 4 N–H and O–H groups in total. The van der Waals surface area contributed by atoms with Crippen LogP contribution in [0.2, 0.25) is 0 Å². The first kappa shape index (κ1) is 12.1. The van der Waals surface area contributed by atoms with E-state index in [9.17, 15) is 0 Å². The minimum Gasteiger partial charge on any atom is -0.370 e. The van der Waals surface area contributed by atoms with Crippen molar-refractivity contribution in [1.82, 2.24) is 9.97 Å². The van der Waals surface area contributed by atoms with E-state index in [1.165, 1.54) is 6.33 Å². The number of nitrogens with zero attached hydrogens (tertiary/aromatic N) is 2. The molecule has 0 bridgehead atoms. The second-order valence-electron chi connectivity index (χ2n) is 5.81. The minimum absolute atomic E-state index is 0.391.